The summed E-state index contributed by atoms with van der Waals surface area (Å²) < 4.78 is 182. The number of hydrogen-bond donors (Lipinski definition) is 0. The van der Waals surface area contributed by atoms with E-state index in [2.05, 4.69) is 0 Å². The van der Waals surface area contributed by atoms with Crippen molar-refractivity contribution in [2.24, 2.45) is 10.8 Å². The van der Waals surface area contributed by atoms with Crippen molar-refractivity contribution in [3.8, 4) is 0 Å². The summed E-state index contributed by atoms with van der Waals surface area (Å²) >= 11 is 0. The number of rotatable bonds is 7. The van der Waals surface area contributed by atoms with Gasteiger partial charge in [0, 0.05) is 0 Å². The highest BCUT2D eigenvalue weighted by Crippen LogP contribution is 2.70. The van der Waals surface area contributed by atoms with E-state index in [1.165, 1.54) is 0 Å². The summed E-state index contributed by atoms with van der Waals surface area (Å²) in [4.78, 5) is 32.7. The van der Waals surface area contributed by atoms with Gasteiger partial charge in [0.2, 0.25) is 11.1 Å². The molecule has 5 unspecified atom stereocenters. The zero-order valence-corrected chi connectivity index (χ0v) is 14.2. The van der Waals surface area contributed by atoms with Crippen LogP contribution in [0.2, 0.25) is 0 Å². The molecule has 0 aromatic heterocycles. The van der Waals surface area contributed by atoms with Crippen LogP contribution in [0.1, 0.15) is 6.92 Å². The van der Waals surface area contributed by atoms with Crippen LogP contribution < -0.4 is 0 Å². The van der Waals surface area contributed by atoms with E-state index in [9.17, 15) is 71.5 Å². The van der Waals surface area contributed by atoms with Crippen LogP contribution in [0.3, 0.4) is 0 Å². The maximum absolute atomic E-state index is 14.8. The Morgan fingerprint density at radius 2 is 1.27 bits per heavy atom. The normalized spacial score (nSPS) is 36.8. The van der Waals surface area contributed by atoms with Crippen molar-refractivity contribution in [1.82, 2.24) is 0 Å². The molecule has 1 fully saturated rings. The maximum atomic E-state index is 14.8. The van der Waals surface area contributed by atoms with Crippen LogP contribution in [-0.4, -0.2) is 67.0 Å². The van der Waals surface area contributed by atoms with Gasteiger partial charge in [0.25, 0.3) is 5.67 Å². The molecule has 0 aromatic carbocycles. The third kappa shape index (κ3) is 2.44. The largest absolute Gasteiger partial charge is 0.348 e. The van der Waals surface area contributed by atoms with E-state index in [1.807, 2.05) is 0 Å². The molecule has 1 aliphatic rings. The quantitative estimate of drug-likeness (QED) is 0.419. The first-order valence-corrected chi connectivity index (χ1v) is 7.40. The summed E-state index contributed by atoms with van der Waals surface area (Å²) in [6.07, 6.45) is -10.8. The predicted molar refractivity (Wildman–Crippen MR) is 68.2 cm³/mol. The highest BCUT2D eigenvalue weighted by molar-refractivity contribution is 5.89. The Labute approximate surface area is 157 Å². The lowest BCUT2D eigenvalue weighted by atomic mass is 9.52. The molecule has 5 atom stereocenters. The monoisotopic (exact) mass is 472 g/mol. The Morgan fingerprint density at radius 3 is 1.53 bits per heavy atom. The smallest absolute Gasteiger partial charge is 0.260 e. The second-order valence-electron chi connectivity index (χ2n) is 6.71. The fraction of sp³-hybridized carbons (Fsp3) is 0.786. The lowest BCUT2D eigenvalue weighted by molar-refractivity contribution is -0.381. The minimum absolute atomic E-state index is 0.932. The lowest BCUT2D eigenvalue weighted by Gasteiger charge is -2.57. The molecule has 0 radical (unpaired) electrons. The number of hydrogen-bond acceptors (Lipinski definition) is 3. The summed E-state index contributed by atoms with van der Waals surface area (Å²) in [7, 11) is 0. The molecule has 0 N–H and O–H groups in total. The van der Waals surface area contributed by atoms with Crippen molar-refractivity contribution < 1.29 is 71.5 Å². The fourth-order valence-electron chi connectivity index (χ4n) is 3.24. The van der Waals surface area contributed by atoms with Gasteiger partial charge in [0.15, 0.2) is 6.17 Å². The van der Waals surface area contributed by atoms with Crippen molar-refractivity contribution in [3.05, 3.63) is 0 Å². The van der Waals surface area contributed by atoms with Crippen LogP contribution in [0.25, 0.3) is 0 Å². The fourth-order valence-corrected chi connectivity index (χ4v) is 3.24. The molecule has 1 rings (SSSR count). The Hall–Kier alpha value is -1.90. The molecular formula is C14H9F13O3. The van der Waals surface area contributed by atoms with Crippen LogP contribution >= 0.6 is 0 Å². The first kappa shape index (κ1) is 26.1. The van der Waals surface area contributed by atoms with Crippen LogP contribution in [-0.2, 0) is 14.4 Å². The summed E-state index contributed by atoms with van der Waals surface area (Å²) in [6.45, 7) is -7.34. The Kier molecular flexibility index (Phi) is 6.16. The number of alkyl halides is 10. The van der Waals surface area contributed by atoms with Crippen LogP contribution in [0.15, 0.2) is 0 Å². The van der Waals surface area contributed by atoms with Gasteiger partial charge in [-0.05, 0) is 6.92 Å². The molecule has 16 heteroatoms. The topological polar surface area (TPSA) is 51.2 Å². The van der Waals surface area contributed by atoms with Gasteiger partial charge in [-0.2, -0.15) is 13.2 Å². The zero-order chi connectivity index (χ0) is 24.3. The molecule has 0 aromatic rings. The molecular weight excluding hydrogens is 463 g/mol. The SMILES string of the molecule is CC1(F)C(F)C(F)(C(=O)F)C(F)(F)C(C(=O)F)(C(F)C(CF)(CF)C(=O)F)C1(F)F. The zero-order valence-electron chi connectivity index (χ0n) is 14.2. The maximum Gasteiger partial charge on any atom is 0.348 e. The molecule has 1 saturated carbocycles. The molecule has 0 saturated heterocycles. The van der Waals surface area contributed by atoms with Crippen molar-refractivity contribution in [2.75, 3.05) is 13.3 Å². The van der Waals surface area contributed by atoms with Crippen molar-refractivity contribution in [2.45, 2.75) is 42.4 Å². The molecule has 0 spiro atoms. The number of carbonyl (C=O) groups is 3. The molecule has 0 aliphatic heterocycles. The van der Waals surface area contributed by atoms with Gasteiger partial charge < -0.3 is 0 Å². The Balaban J connectivity index is 4.32. The minimum atomic E-state index is -7.30. The highest BCUT2D eigenvalue weighted by atomic mass is 19.3. The van der Waals surface area contributed by atoms with E-state index in [4.69, 9.17) is 0 Å². The summed E-state index contributed by atoms with van der Waals surface area (Å²) in [5.74, 6) is -14.2. The van der Waals surface area contributed by atoms with Gasteiger partial charge in [0.05, 0.1) is 0 Å². The van der Waals surface area contributed by atoms with Gasteiger partial charge >= 0.3 is 30.0 Å². The average molecular weight is 472 g/mol. The molecule has 3 nitrogen and oxygen atoms in total. The first-order valence-electron chi connectivity index (χ1n) is 7.40. The van der Waals surface area contributed by atoms with Crippen LogP contribution in [0.5, 0.6) is 0 Å². The van der Waals surface area contributed by atoms with Crippen molar-refractivity contribution in [1.29, 1.82) is 0 Å². The molecule has 1 aliphatic carbocycles. The number of halogens is 13. The van der Waals surface area contributed by atoms with Crippen molar-refractivity contribution in [3.63, 3.8) is 0 Å². The van der Waals surface area contributed by atoms with Gasteiger partial charge in [-0.3, -0.25) is 14.4 Å². The number of carbonyl (C=O) groups excluding carboxylic acids is 3. The van der Waals surface area contributed by atoms with E-state index in [0.717, 1.165) is 0 Å². The highest BCUT2D eigenvalue weighted by Gasteiger charge is 2.97. The molecule has 30 heavy (non-hydrogen) atoms. The van der Waals surface area contributed by atoms with Gasteiger partial charge in [-0.15, -0.1) is 0 Å². The van der Waals surface area contributed by atoms with E-state index in [-0.39, 0.29) is 0 Å². The first-order chi connectivity index (χ1) is 13.3. The van der Waals surface area contributed by atoms with E-state index in [0.29, 0.717) is 0 Å². The second kappa shape index (κ2) is 7.07. The summed E-state index contributed by atoms with van der Waals surface area (Å²) in [6, 6.07) is -12.7. The van der Waals surface area contributed by atoms with Gasteiger partial charge in [-0.1, -0.05) is 0 Å². The third-order valence-corrected chi connectivity index (χ3v) is 5.22. The molecule has 0 heterocycles. The Bertz CT molecular complexity index is 749. The average Bonchev–Trinajstić information content (AvgIpc) is 2.59. The van der Waals surface area contributed by atoms with Crippen LogP contribution in [0, 0.1) is 10.8 Å². The molecule has 0 amide bonds. The van der Waals surface area contributed by atoms with Gasteiger partial charge in [0.1, 0.15) is 24.9 Å². The molecule has 0 bridgehead atoms. The summed E-state index contributed by atoms with van der Waals surface area (Å²) in [5, 5.41) is 0. The molecule has 174 valence electrons. The second-order valence-corrected chi connectivity index (χ2v) is 6.71. The standard InChI is InChI=1S/C14H9F13O3/c1-9(22)4(17)12(23,8(21)30)14(26,27)11(7(20)29,13(9,24)25)5(18)10(2-15,3-16)6(19)28/h4-5H,2-3H2,1H3. The van der Waals surface area contributed by atoms with E-state index in [1.54, 1.807) is 0 Å². The van der Waals surface area contributed by atoms with Crippen LogP contribution in [0.4, 0.5) is 57.1 Å². The minimum Gasteiger partial charge on any atom is -0.260 e. The van der Waals surface area contributed by atoms with Crippen molar-refractivity contribution >= 4 is 18.1 Å². The summed E-state index contributed by atoms with van der Waals surface area (Å²) in [5.41, 5.74) is -24.2. The Morgan fingerprint density at radius 1 is 0.867 bits per heavy atom. The lowest BCUT2D eigenvalue weighted by Crippen LogP contribution is -2.86. The third-order valence-electron chi connectivity index (χ3n) is 5.22. The van der Waals surface area contributed by atoms with E-state index < -0.39 is 84.7 Å². The van der Waals surface area contributed by atoms with E-state index >= 15 is 0 Å². The predicted octanol–water partition coefficient (Wildman–Crippen LogP) is 3.78. The van der Waals surface area contributed by atoms with Gasteiger partial charge in [-0.25, -0.2) is 43.9 Å².